The summed E-state index contributed by atoms with van der Waals surface area (Å²) in [4.78, 5) is 12.7. The van der Waals surface area contributed by atoms with E-state index in [0.29, 0.717) is 5.92 Å². The Morgan fingerprint density at radius 1 is 1.33 bits per heavy atom. The molecule has 122 valence electrons. The van der Waals surface area contributed by atoms with Crippen LogP contribution in [0.5, 0.6) is 0 Å². The van der Waals surface area contributed by atoms with E-state index in [1.54, 1.807) is 15.8 Å². The molecule has 1 heterocycles. The Hall–Kier alpha value is -1.04. The zero-order valence-electron chi connectivity index (χ0n) is 13.4. The van der Waals surface area contributed by atoms with Crippen molar-refractivity contribution in [2.45, 2.75) is 65.6 Å². The van der Waals surface area contributed by atoms with E-state index in [1.807, 2.05) is 11.3 Å². The van der Waals surface area contributed by atoms with Gasteiger partial charge in [0.05, 0.1) is 0 Å². The van der Waals surface area contributed by atoms with E-state index >= 15 is 0 Å². The van der Waals surface area contributed by atoms with Gasteiger partial charge in [0.25, 0.3) is 0 Å². The largest absolute Gasteiger partial charge is 0.410 e. The topological polar surface area (TPSA) is 29.1 Å². The summed E-state index contributed by atoms with van der Waals surface area (Å²) in [5, 5.41) is 1.66. The van der Waals surface area contributed by atoms with Crippen LogP contribution < -0.4 is 5.32 Å². The van der Waals surface area contributed by atoms with Gasteiger partial charge in [0.15, 0.2) is 0 Å². The van der Waals surface area contributed by atoms with Crippen molar-refractivity contribution in [2.24, 2.45) is 0 Å². The minimum absolute atomic E-state index is 0.0352. The number of nitrogens with one attached hydrogen (secondary N) is 1. The summed E-state index contributed by atoms with van der Waals surface area (Å²) in [5.74, 6) is 0.698. The van der Waals surface area contributed by atoms with Crippen LogP contribution in [0, 0.1) is 6.92 Å². The van der Waals surface area contributed by atoms with Crippen molar-refractivity contribution >= 4 is 17.7 Å². The Balaban J connectivity index is 0.000000384. The van der Waals surface area contributed by atoms with Crippen LogP contribution in [0.25, 0.3) is 0 Å². The van der Waals surface area contributed by atoms with Crippen LogP contribution in [0.1, 0.15) is 55.9 Å². The van der Waals surface area contributed by atoms with Gasteiger partial charge in [-0.2, -0.15) is 13.2 Å². The molecule has 0 saturated carbocycles. The maximum Gasteiger partial charge on any atom is 0.410 e. The van der Waals surface area contributed by atoms with Gasteiger partial charge >= 0.3 is 6.18 Å². The number of carbonyl (C=O) groups excluding carboxylic acids is 1. The fraction of sp³-hybridized carbons (Fsp3) is 0.667. The quantitative estimate of drug-likeness (QED) is 0.791. The molecule has 21 heavy (non-hydrogen) atoms. The number of hydrogen-bond donors (Lipinski definition) is 1. The van der Waals surface area contributed by atoms with Crippen LogP contribution in [0.15, 0.2) is 6.07 Å². The lowest BCUT2D eigenvalue weighted by atomic mass is 10.1. The molecule has 0 spiro atoms. The van der Waals surface area contributed by atoms with Gasteiger partial charge < -0.3 is 5.32 Å². The zero-order valence-corrected chi connectivity index (χ0v) is 14.2. The smallest absolute Gasteiger partial charge is 0.345 e. The molecule has 0 aromatic carbocycles. The van der Waals surface area contributed by atoms with E-state index in [2.05, 4.69) is 33.8 Å². The van der Waals surface area contributed by atoms with Crippen molar-refractivity contribution in [3.8, 4) is 0 Å². The molecule has 1 rings (SSSR count). The van der Waals surface area contributed by atoms with Crippen LogP contribution >= 0.6 is 11.3 Å². The predicted molar refractivity (Wildman–Crippen MR) is 81.9 cm³/mol. The average molecular weight is 323 g/mol. The predicted octanol–water partition coefficient (Wildman–Crippen LogP) is 4.82. The van der Waals surface area contributed by atoms with Gasteiger partial charge in [-0.25, -0.2) is 0 Å². The van der Waals surface area contributed by atoms with Crippen molar-refractivity contribution in [3.05, 3.63) is 21.4 Å². The molecule has 0 fully saturated rings. The Kier molecular flexibility index (Phi) is 7.44. The fourth-order valence-corrected chi connectivity index (χ4v) is 2.70. The maximum atomic E-state index is 11.8. The molecule has 0 radical (unpaired) electrons. The minimum Gasteiger partial charge on any atom is -0.345 e. The second-order valence-electron chi connectivity index (χ2n) is 5.64. The third-order valence-electron chi connectivity index (χ3n) is 3.00. The average Bonchev–Trinajstić information content (AvgIpc) is 2.70. The lowest BCUT2D eigenvalue weighted by Gasteiger charge is -2.26. The molecule has 1 amide bonds. The molecule has 0 aliphatic rings. The van der Waals surface area contributed by atoms with Crippen LogP contribution in [-0.2, 0) is 11.2 Å². The molecule has 1 aromatic heterocycles. The Morgan fingerprint density at radius 2 is 1.86 bits per heavy atom. The van der Waals surface area contributed by atoms with E-state index in [-0.39, 0.29) is 6.41 Å². The number of halogens is 3. The van der Waals surface area contributed by atoms with Crippen LogP contribution in [0.4, 0.5) is 13.2 Å². The molecule has 6 heteroatoms. The summed E-state index contributed by atoms with van der Waals surface area (Å²) >= 11 is 1.95. The highest BCUT2D eigenvalue weighted by Gasteiger charge is 2.47. The Bertz CT molecular complexity index is 450. The molecule has 1 N–H and O–H groups in total. The summed E-state index contributed by atoms with van der Waals surface area (Å²) < 4.78 is 35.4. The SMILES string of the molecule is CC(C)(NC=O)C(F)(F)F.CCc1cc(C)sc1C(C)C. The first-order valence-corrected chi connectivity index (χ1v) is 7.65. The van der Waals surface area contributed by atoms with Crippen molar-refractivity contribution in [1.82, 2.24) is 5.32 Å². The number of thiophene rings is 1. The summed E-state index contributed by atoms with van der Waals surface area (Å²) in [7, 11) is 0. The number of amides is 1. The summed E-state index contributed by atoms with van der Waals surface area (Å²) in [6.07, 6.45) is -3.18. The Morgan fingerprint density at radius 3 is 2.10 bits per heavy atom. The van der Waals surface area contributed by atoms with E-state index < -0.39 is 11.7 Å². The Labute approximate surface area is 128 Å². The number of alkyl halides is 3. The molecular weight excluding hydrogens is 299 g/mol. The second kappa shape index (κ2) is 7.82. The van der Waals surface area contributed by atoms with E-state index in [9.17, 15) is 18.0 Å². The third-order valence-corrected chi connectivity index (χ3v) is 4.39. The van der Waals surface area contributed by atoms with E-state index in [4.69, 9.17) is 0 Å². The van der Waals surface area contributed by atoms with Crippen LogP contribution in [0.2, 0.25) is 0 Å². The van der Waals surface area contributed by atoms with Crippen molar-refractivity contribution < 1.29 is 18.0 Å². The van der Waals surface area contributed by atoms with Gasteiger partial charge in [-0.05, 0) is 44.7 Å². The van der Waals surface area contributed by atoms with Gasteiger partial charge in [-0.15, -0.1) is 11.3 Å². The first-order chi connectivity index (χ1) is 9.46. The maximum absolute atomic E-state index is 11.8. The van der Waals surface area contributed by atoms with Gasteiger partial charge in [0.1, 0.15) is 5.54 Å². The second-order valence-corrected chi connectivity index (χ2v) is 6.93. The molecule has 0 aliphatic carbocycles. The lowest BCUT2D eigenvalue weighted by Crippen LogP contribution is -2.51. The molecule has 0 saturated heterocycles. The summed E-state index contributed by atoms with van der Waals surface area (Å²) in [5.41, 5.74) is -0.586. The number of carbonyl (C=O) groups is 1. The molecule has 0 atom stereocenters. The van der Waals surface area contributed by atoms with Gasteiger partial charge in [-0.1, -0.05) is 20.8 Å². The number of rotatable bonds is 4. The molecule has 0 unspecified atom stereocenters. The molecule has 2 nitrogen and oxygen atoms in total. The zero-order chi connectivity index (χ0) is 16.8. The highest BCUT2D eigenvalue weighted by atomic mass is 32.1. The van der Waals surface area contributed by atoms with Crippen molar-refractivity contribution in [3.63, 3.8) is 0 Å². The van der Waals surface area contributed by atoms with Crippen molar-refractivity contribution in [1.29, 1.82) is 0 Å². The van der Waals surface area contributed by atoms with Gasteiger partial charge in [-0.3, -0.25) is 4.79 Å². The molecule has 1 aromatic rings. The number of hydrogen-bond acceptors (Lipinski definition) is 2. The molecule has 0 aliphatic heterocycles. The highest BCUT2D eigenvalue weighted by Crippen LogP contribution is 2.29. The van der Waals surface area contributed by atoms with Crippen LogP contribution in [-0.4, -0.2) is 18.1 Å². The fourth-order valence-electron chi connectivity index (χ4n) is 1.58. The monoisotopic (exact) mass is 323 g/mol. The summed E-state index contributed by atoms with van der Waals surface area (Å²) in [6.45, 7) is 10.7. The molecular formula is C15H24F3NOS. The lowest BCUT2D eigenvalue weighted by molar-refractivity contribution is -0.186. The minimum atomic E-state index is -4.39. The standard InChI is InChI=1S/C10H16S.C5H8F3NO/c1-5-9-6-8(4)11-10(9)7(2)3;1-4(2,9-3-10)5(6,7)8/h6-7H,5H2,1-4H3;3H,1-2H3,(H,9,10). The van der Waals surface area contributed by atoms with Gasteiger partial charge in [0, 0.05) is 9.75 Å². The first kappa shape index (κ1) is 20.0. The molecule has 0 bridgehead atoms. The van der Waals surface area contributed by atoms with E-state index in [1.165, 1.54) is 11.3 Å². The number of aryl methyl sites for hydroxylation is 2. The summed E-state index contributed by atoms with van der Waals surface area (Å²) in [6, 6.07) is 2.32. The highest BCUT2D eigenvalue weighted by molar-refractivity contribution is 7.12. The van der Waals surface area contributed by atoms with Crippen LogP contribution in [0.3, 0.4) is 0 Å². The van der Waals surface area contributed by atoms with Gasteiger partial charge in [0.2, 0.25) is 6.41 Å². The van der Waals surface area contributed by atoms with E-state index in [0.717, 1.165) is 13.8 Å². The van der Waals surface area contributed by atoms with Crippen molar-refractivity contribution in [2.75, 3.05) is 0 Å². The first-order valence-electron chi connectivity index (χ1n) is 6.83. The normalized spacial score (nSPS) is 11.9. The third kappa shape index (κ3) is 6.08.